The average molecular weight is 212 g/mol. The quantitative estimate of drug-likeness (QED) is 0.408. The van der Waals surface area contributed by atoms with E-state index in [4.69, 9.17) is 0 Å². The Kier molecular flexibility index (Phi) is 1250. The number of hydrogen-bond acceptors (Lipinski definition) is 0. The molecule has 42 valence electrons. The Morgan fingerprint density at radius 1 is 0.429 bits per heavy atom. The van der Waals surface area contributed by atoms with E-state index in [0.717, 1.165) is 0 Å². The smallest absolute Gasteiger partial charge is 2.00 e. The minimum Gasteiger partial charge on any atom is -2.00 e. The minimum absolute atomic E-state index is 0. The van der Waals surface area contributed by atoms with Crippen LogP contribution in [-0.4, -0.2) is 46.1 Å². The summed E-state index contributed by atoms with van der Waals surface area (Å²) < 4.78 is 0. The molecule has 0 aliphatic carbocycles. The van der Waals surface area contributed by atoms with Gasteiger partial charge in [0, 0.05) is 0 Å². The monoisotopic (exact) mass is 212 g/mol. The Morgan fingerprint density at radius 2 is 0.429 bits per heavy atom. The molecule has 0 spiro atoms. The van der Waals surface area contributed by atoms with Crippen molar-refractivity contribution < 1.29 is 50.6 Å². The van der Waals surface area contributed by atoms with Crippen LogP contribution < -0.4 is 0 Å². The predicted octanol–water partition coefficient (Wildman–Crippen LogP) is -2.19. The van der Waals surface area contributed by atoms with Crippen molar-refractivity contribution in [3.63, 3.8) is 0 Å². The molecule has 2 radical (unpaired) electrons. The van der Waals surface area contributed by atoms with Gasteiger partial charge in [-0.3, -0.25) is 0 Å². The van der Waals surface area contributed by atoms with Crippen molar-refractivity contribution in [2.24, 2.45) is 0 Å². The van der Waals surface area contributed by atoms with Gasteiger partial charge >= 0.3 is 80.2 Å². The van der Waals surface area contributed by atoms with Gasteiger partial charge in [0.2, 0.25) is 0 Å². The summed E-state index contributed by atoms with van der Waals surface area (Å²) in [4.78, 5) is 0. The average Bonchev–Trinajstić information content (AvgIpc) is 0. The molecule has 7 heteroatoms. The van der Waals surface area contributed by atoms with Crippen molar-refractivity contribution in [3.8, 4) is 0 Å². The normalized spacial score (nSPS) is 0. The van der Waals surface area contributed by atoms with Crippen LogP contribution >= 0.6 is 0 Å². The zero-order valence-corrected chi connectivity index (χ0v) is 4.14. The molecule has 7 heavy (non-hydrogen) atoms. The maximum absolute atomic E-state index is 0. The van der Waals surface area contributed by atoms with E-state index in [9.17, 15) is 0 Å². The van der Waals surface area contributed by atoms with E-state index in [1.54, 1.807) is 0 Å². The summed E-state index contributed by atoms with van der Waals surface area (Å²) in [7, 11) is 0. The van der Waals surface area contributed by atoms with Gasteiger partial charge in [0.05, 0.1) is 0 Å². The largest absolute Gasteiger partial charge is 3.00 e. The topological polar surface area (TPSA) is 85.5 Å². The van der Waals surface area contributed by atoms with Gasteiger partial charge in [0.25, 0.3) is 0 Å². The van der Waals surface area contributed by atoms with Gasteiger partial charge in [-0.05, 0) is 0 Å². The number of rotatable bonds is 0. The molecule has 0 aliphatic rings. The van der Waals surface area contributed by atoms with E-state index in [-0.39, 0.29) is 96.7 Å². The van der Waals surface area contributed by atoms with Crippen LogP contribution in [0.5, 0.6) is 0 Å². The van der Waals surface area contributed by atoms with Gasteiger partial charge in [-0.15, -0.1) is 0 Å². The molecule has 0 heterocycles. The SMILES string of the molecule is [Fe+3].[Fe+3].[MgH2].[MgH2].[O-2].[O-2].[O-2]. The minimum atomic E-state index is 0. The molecule has 3 nitrogen and oxygen atoms in total. The van der Waals surface area contributed by atoms with Crippen molar-refractivity contribution in [2.45, 2.75) is 0 Å². The standard InChI is InChI=1S/2Fe.2Mg.3O.4H/q2*+3;;;3*-2;;;;. The first-order chi connectivity index (χ1) is 0. The Morgan fingerprint density at radius 3 is 0.429 bits per heavy atom. The fourth-order valence-corrected chi connectivity index (χ4v) is 0. The second-order valence-corrected chi connectivity index (χ2v) is 0. The summed E-state index contributed by atoms with van der Waals surface area (Å²) in [5.41, 5.74) is 0. The van der Waals surface area contributed by atoms with Crippen LogP contribution in [0.4, 0.5) is 0 Å². The molecule has 0 fully saturated rings. The molecule has 0 saturated heterocycles. The molecule has 0 atom stereocenters. The summed E-state index contributed by atoms with van der Waals surface area (Å²) in [5.74, 6) is 0. The molecule has 0 rings (SSSR count). The second-order valence-electron chi connectivity index (χ2n) is 0. The second kappa shape index (κ2) is 78.1. The van der Waals surface area contributed by atoms with Crippen molar-refractivity contribution in [2.75, 3.05) is 0 Å². The zero-order valence-electron chi connectivity index (χ0n) is 1.93. The molecule has 0 aromatic carbocycles. The van der Waals surface area contributed by atoms with E-state index in [1.807, 2.05) is 0 Å². The molecule has 0 N–H and O–H groups in total. The Hall–Kier alpha value is 2.45. The van der Waals surface area contributed by atoms with E-state index >= 15 is 0 Å². The summed E-state index contributed by atoms with van der Waals surface area (Å²) in [5, 5.41) is 0. The molecule has 0 saturated carbocycles. The first kappa shape index (κ1) is 112. The first-order valence-electron chi connectivity index (χ1n) is 0. The third-order valence-corrected chi connectivity index (χ3v) is 0. The van der Waals surface area contributed by atoms with E-state index in [0.29, 0.717) is 0 Å². The summed E-state index contributed by atoms with van der Waals surface area (Å²) >= 11 is 0. The van der Waals surface area contributed by atoms with Crippen molar-refractivity contribution in [1.82, 2.24) is 0 Å². The van der Waals surface area contributed by atoms with Crippen molar-refractivity contribution in [1.29, 1.82) is 0 Å². The molecular weight excluding hydrogens is 208 g/mol. The van der Waals surface area contributed by atoms with Crippen LogP contribution in [0.15, 0.2) is 0 Å². The fraction of sp³-hybridized carbons (Fsp3) is 0. The summed E-state index contributed by atoms with van der Waals surface area (Å²) in [6.45, 7) is 0. The van der Waals surface area contributed by atoms with Gasteiger partial charge in [-0.25, -0.2) is 0 Å². The summed E-state index contributed by atoms with van der Waals surface area (Å²) in [6.07, 6.45) is 0. The van der Waals surface area contributed by atoms with Crippen molar-refractivity contribution >= 4 is 46.1 Å². The van der Waals surface area contributed by atoms with Crippen LogP contribution in [0, 0.1) is 0 Å². The first-order valence-corrected chi connectivity index (χ1v) is 0. The third-order valence-electron chi connectivity index (χ3n) is 0. The third kappa shape index (κ3) is 58.5. The van der Waals surface area contributed by atoms with E-state index in [1.165, 1.54) is 0 Å². The van der Waals surface area contributed by atoms with E-state index in [2.05, 4.69) is 0 Å². The summed E-state index contributed by atoms with van der Waals surface area (Å²) in [6, 6.07) is 0. The van der Waals surface area contributed by atoms with Gasteiger partial charge in [-0.1, -0.05) is 0 Å². The maximum atomic E-state index is 0. The van der Waals surface area contributed by atoms with Crippen LogP contribution in [0.25, 0.3) is 0 Å². The molecule has 0 unspecified atom stereocenters. The van der Waals surface area contributed by atoms with Crippen LogP contribution in [0.2, 0.25) is 0 Å². The van der Waals surface area contributed by atoms with Gasteiger partial charge in [0.15, 0.2) is 0 Å². The zero-order chi connectivity index (χ0) is 0. The van der Waals surface area contributed by atoms with Gasteiger partial charge in [0.1, 0.15) is 0 Å². The number of hydrogen-bond donors (Lipinski definition) is 0. The molecular formula is H4Fe2Mg2O3. The fourth-order valence-electron chi connectivity index (χ4n) is 0. The molecule has 0 aromatic rings. The maximum Gasteiger partial charge on any atom is 3.00 e. The molecule has 0 aromatic heterocycles. The molecule has 0 aliphatic heterocycles. The van der Waals surface area contributed by atoms with Crippen molar-refractivity contribution in [3.05, 3.63) is 0 Å². The van der Waals surface area contributed by atoms with Gasteiger partial charge in [-0.2, -0.15) is 0 Å². The van der Waals surface area contributed by atoms with Gasteiger partial charge < -0.3 is 16.4 Å². The van der Waals surface area contributed by atoms with Crippen LogP contribution in [0.3, 0.4) is 0 Å². The molecule has 0 amide bonds. The Labute approximate surface area is 95.5 Å². The van der Waals surface area contributed by atoms with E-state index < -0.39 is 0 Å². The predicted molar refractivity (Wildman–Crippen MR) is 19.1 cm³/mol. The molecule has 0 bridgehead atoms. The Balaban J connectivity index is 0. The van der Waals surface area contributed by atoms with Crippen LogP contribution in [-0.2, 0) is 50.6 Å². The van der Waals surface area contributed by atoms with Crippen LogP contribution in [0.1, 0.15) is 0 Å². The Bertz CT molecular complexity index is 10.9.